The average Bonchev–Trinajstić information content (AvgIpc) is 2.71. The highest BCUT2D eigenvalue weighted by Crippen LogP contribution is 2.23. The van der Waals surface area contributed by atoms with E-state index < -0.39 is 5.76 Å². The van der Waals surface area contributed by atoms with Crippen molar-refractivity contribution >= 4 is 11.5 Å². The molecule has 0 amide bonds. The number of hydrogen-bond acceptors (Lipinski definition) is 6. The first kappa shape index (κ1) is 7.99. The van der Waals surface area contributed by atoms with E-state index in [0.717, 1.165) is 0 Å². The van der Waals surface area contributed by atoms with Crippen molar-refractivity contribution < 1.29 is 9.26 Å². The maximum absolute atomic E-state index is 10.6. The minimum absolute atomic E-state index is 0.366. The van der Waals surface area contributed by atoms with E-state index in [9.17, 15) is 4.79 Å². The lowest BCUT2D eigenvalue weighted by atomic mass is 10.5. The molecule has 0 unspecified atom stereocenters. The molecule has 0 saturated heterocycles. The Kier molecular flexibility index (Phi) is 1.85. The van der Waals surface area contributed by atoms with Gasteiger partial charge in [-0.2, -0.15) is 4.37 Å². The first-order valence-electron chi connectivity index (χ1n) is 3.36. The molecule has 2 aromatic heterocycles. The van der Waals surface area contributed by atoms with Crippen LogP contribution in [0.4, 0.5) is 0 Å². The fourth-order valence-electron chi connectivity index (χ4n) is 0.803. The molecule has 2 rings (SSSR count). The monoisotopic (exact) mass is 199 g/mol. The molecule has 0 atom stereocenters. The number of hydrogen-bond donors (Lipinski definition) is 1. The minimum Gasteiger partial charge on any atom is -0.480 e. The topological polar surface area (TPSA) is 81.0 Å². The molecule has 2 aromatic rings. The normalized spacial score (nSPS) is 10.2. The van der Waals surface area contributed by atoms with Gasteiger partial charge in [-0.25, -0.2) is 4.79 Å². The standard InChI is InChI=1S/C6H5N3O3S/c1-11-4-2-3(13-9-4)5-7-6(10)12-8-5/h2H,1H3,(H,7,8,10). The van der Waals surface area contributed by atoms with Gasteiger partial charge >= 0.3 is 5.76 Å². The van der Waals surface area contributed by atoms with E-state index in [-0.39, 0.29) is 0 Å². The molecule has 0 bridgehead atoms. The number of rotatable bonds is 2. The summed E-state index contributed by atoms with van der Waals surface area (Å²) >= 11 is 1.17. The first-order chi connectivity index (χ1) is 6.29. The van der Waals surface area contributed by atoms with Gasteiger partial charge in [-0.05, 0) is 11.5 Å². The van der Waals surface area contributed by atoms with Gasteiger partial charge in [0.2, 0.25) is 5.88 Å². The Morgan fingerprint density at radius 2 is 2.54 bits per heavy atom. The summed E-state index contributed by atoms with van der Waals surface area (Å²) in [5, 5.41) is 3.51. The van der Waals surface area contributed by atoms with Crippen molar-refractivity contribution in [1.29, 1.82) is 0 Å². The fraction of sp³-hybridized carbons (Fsp3) is 0.167. The molecule has 7 heteroatoms. The molecular formula is C6H5N3O3S. The number of H-pyrrole nitrogens is 1. The fourth-order valence-corrected chi connectivity index (χ4v) is 1.45. The van der Waals surface area contributed by atoms with Crippen molar-refractivity contribution in [3.05, 3.63) is 16.6 Å². The Labute approximate surface area is 76.3 Å². The third-order valence-electron chi connectivity index (χ3n) is 1.37. The summed E-state index contributed by atoms with van der Waals surface area (Å²) in [6, 6.07) is 1.67. The van der Waals surface area contributed by atoms with E-state index in [4.69, 9.17) is 4.74 Å². The summed E-state index contributed by atoms with van der Waals surface area (Å²) < 4.78 is 13.1. The maximum atomic E-state index is 10.6. The van der Waals surface area contributed by atoms with E-state index in [1.165, 1.54) is 18.6 Å². The number of aromatic amines is 1. The molecule has 1 N–H and O–H groups in total. The third-order valence-corrected chi connectivity index (χ3v) is 2.15. The molecule has 0 fully saturated rings. The van der Waals surface area contributed by atoms with Crippen molar-refractivity contribution in [2.45, 2.75) is 0 Å². The van der Waals surface area contributed by atoms with Crippen LogP contribution in [-0.2, 0) is 0 Å². The number of aromatic nitrogens is 3. The quantitative estimate of drug-likeness (QED) is 0.761. The van der Waals surface area contributed by atoms with Crippen LogP contribution in [0, 0.1) is 0 Å². The summed E-state index contributed by atoms with van der Waals surface area (Å²) in [5.74, 6) is 0.275. The lowest BCUT2D eigenvalue weighted by molar-refractivity contribution is 0.388. The van der Waals surface area contributed by atoms with Gasteiger partial charge in [0.25, 0.3) is 0 Å². The van der Waals surface area contributed by atoms with Gasteiger partial charge in [-0.1, -0.05) is 5.16 Å². The van der Waals surface area contributed by atoms with Crippen LogP contribution in [0.3, 0.4) is 0 Å². The molecule has 0 spiro atoms. The van der Waals surface area contributed by atoms with Crippen molar-refractivity contribution in [2.75, 3.05) is 7.11 Å². The Morgan fingerprint density at radius 3 is 3.08 bits per heavy atom. The van der Waals surface area contributed by atoms with Crippen LogP contribution < -0.4 is 10.5 Å². The third kappa shape index (κ3) is 1.45. The molecule has 0 aromatic carbocycles. The average molecular weight is 199 g/mol. The van der Waals surface area contributed by atoms with Crippen LogP contribution in [-0.4, -0.2) is 21.6 Å². The summed E-state index contributed by atoms with van der Waals surface area (Å²) in [7, 11) is 1.52. The van der Waals surface area contributed by atoms with Crippen molar-refractivity contribution in [1.82, 2.24) is 14.5 Å². The van der Waals surface area contributed by atoms with Gasteiger partial charge in [0, 0.05) is 6.07 Å². The predicted molar refractivity (Wildman–Crippen MR) is 44.8 cm³/mol. The second-order valence-corrected chi connectivity index (χ2v) is 2.98. The molecule has 0 aliphatic rings. The summed E-state index contributed by atoms with van der Waals surface area (Å²) in [5.41, 5.74) is 0. The zero-order valence-electron chi connectivity index (χ0n) is 6.60. The number of methoxy groups -OCH3 is 1. The molecule has 0 aliphatic heterocycles. The van der Waals surface area contributed by atoms with Crippen molar-refractivity contribution in [3.63, 3.8) is 0 Å². The lowest BCUT2D eigenvalue weighted by Gasteiger charge is -1.86. The lowest BCUT2D eigenvalue weighted by Crippen LogP contribution is -1.94. The Bertz CT molecular complexity index is 457. The van der Waals surface area contributed by atoms with E-state index in [1.54, 1.807) is 6.07 Å². The Morgan fingerprint density at radius 1 is 1.69 bits per heavy atom. The van der Waals surface area contributed by atoms with Crippen molar-refractivity contribution in [3.8, 4) is 16.6 Å². The van der Waals surface area contributed by atoms with Crippen LogP contribution in [0.2, 0.25) is 0 Å². The molecule has 0 radical (unpaired) electrons. The molecular weight excluding hydrogens is 194 g/mol. The van der Waals surface area contributed by atoms with Gasteiger partial charge in [-0.3, -0.25) is 9.51 Å². The number of ether oxygens (including phenoxy) is 1. The van der Waals surface area contributed by atoms with Crippen LogP contribution in [0.1, 0.15) is 0 Å². The zero-order chi connectivity index (χ0) is 9.26. The summed E-state index contributed by atoms with van der Waals surface area (Å²) in [4.78, 5) is 13.7. The summed E-state index contributed by atoms with van der Waals surface area (Å²) in [6.45, 7) is 0. The molecule has 68 valence electrons. The Hall–Kier alpha value is -1.63. The molecule has 2 heterocycles. The molecule has 0 aliphatic carbocycles. The Balaban J connectivity index is 2.40. The van der Waals surface area contributed by atoms with Gasteiger partial charge < -0.3 is 4.74 Å². The van der Waals surface area contributed by atoms with Crippen LogP contribution in [0.5, 0.6) is 5.88 Å². The first-order valence-corrected chi connectivity index (χ1v) is 4.14. The highest BCUT2D eigenvalue weighted by Gasteiger charge is 2.08. The van der Waals surface area contributed by atoms with Gasteiger partial charge in [0.05, 0.1) is 12.0 Å². The van der Waals surface area contributed by atoms with Crippen LogP contribution in [0.15, 0.2) is 15.4 Å². The van der Waals surface area contributed by atoms with Gasteiger partial charge in [0.15, 0.2) is 5.82 Å². The highest BCUT2D eigenvalue weighted by atomic mass is 32.1. The number of nitrogens with one attached hydrogen (secondary N) is 1. The van der Waals surface area contributed by atoms with E-state index in [1.807, 2.05) is 0 Å². The molecule has 0 saturated carbocycles. The largest absolute Gasteiger partial charge is 0.480 e. The highest BCUT2D eigenvalue weighted by molar-refractivity contribution is 7.09. The second kappa shape index (κ2) is 3.02. The minimum atomic E-state index is -0.581. The van der Waals surface area contributed by atoms with Crippen LogP contribution >= 0.6 is 11.5 Å². The van der Waals surface area contributed by atoms with Gasteiger partial charge in [0.1, 0.15) is 0 Å². The summed E-state index contributed by atoms with van der Waals surface area (Å²) in [6.07, 6.45) is 0. The molecule has 6 nitrogen and oxygen atoms in total. The van der Waals surface area contributed by atoms with E-state index in [2.05, 4.69) is 19.0 Å². The van der Waals surface area contributed by atoms with Gasteiger partial charge in [-0.15, -0.1) is 0 Å². The number of nitrogens with zero attached hydrogens (tertiary/aromatic N) is 2. The van der Waals surface area contributed by atoms with E-state index in [0.29, 0.717) is 16.6 Å². The maximum Gasteiger partial charge on any atom is 0.439 e. The zero-order valence-corrected chi connectivity index (χ0v) is 7.42. The second-order valence-electron chi connectivity index (χ2n) is 2.18. The smallest absolute Gasteiger partial charge is 0.439 e. The SMILES string of the molecule is COc1cc(-c2noc(=O)[nH]2)sn1. The molecule has 13 heavy (non-hydrogen) atoms. The van der Waals surface area contributed by atoms with Crippen molar-refractivity contribution in [2.24, 2.45) is 0 Å². The van der Waals surface area contributed by atoms with Crippen LogP contribution in [0.25, 0.3) is 10.7 Å². The van der Waals surface area contributed by atoms with E-state index >= 15 is 0 Å². The predicted octanol–water partition coefficient (Wildman–Crippen LogP) is 0.495.